The minimum atomic E-state index is -0.825. The molecule has 0 saturated carbocycles. The van der Waals surface area contributed by atoms with E-state index in [2.05, 4.69) is 5.48 Å². The molecular formula is C16H20N2O6. The molecule has 0 aromatic heterocycles. The molecule has 2 amide bonds. The zero-order valence-electron chi connectivity index (χ0n) is 13.3. The number of piperidine rings is 1. The Morgan fingerprint density at radius 1 is 1.33 bits per heavy atom. The quantitative estimate of drug-likeness (QED) is 0.473. The maximum absolute atomic E-state index is 12.3. The molecule has 2 rings (SSSR count). The van der Waals surface area contributed by atoms with Crippen LogP contribution >= 0.6 is 0 Å². The van der Waals surface area contributed by atoms with Crippen LogP contribution in [0.3, 0.4) is 0 Å². The molecule has 8 heteroatoms. The minimum Gasteiger partial charge on any atom is -0.467 e. The van der Waals surface area contributed by atoms with Crippen molar-refractivity contribution in [2.24, 2.45) is 0 Å². The van der Waals surface area contributed by atoms with Crippen molar-refractivity contribution in [3.63, 3.8) is 0 Å². The number of nitrogens with one attached hydrogen (secondary N) is 1. The molecule has 1 fully saturated rings. The van der Waals surface area contributed by atoms with Gasteiger partial charge in [0.15, 0.2) is 0 Å². The molecule has 1 saturated heterocycles. The molecule has 24 heavy (non-hydrogen) atoms. The van der Waals surface area contributed by atoms with Crippen molar-refractivity contribution in [1.29, 1.82) is 0 Å². The highest BCUT2D eigenvalue weighted by molar-refractivity contribution is 5.83. The van der Waals surface area contributed by atoms with Crippen molar-refractivity contribution in [2.45, 2.75) is 31.6 Å². The lowest BCUT2D eigenvalue weighted by Gasteiger charge is -2.36. The van der Waals surface area contributed by atoms with Crippen LogP contribution in [0, 0.1) is 0 Å². The number of amides is 2. The van der Waals surface area contributed by atoms with E-state index in [0.29, 0.717) is 12.9 Å². The third kappa shape index (κ3) is 4.69. The fraction of sp³-hybridized carbons (Fsp3) is 0.438. The second-order valence-corrected chi connectivity index (χ2v) is 5.29. The summed E-state index contributed by atoms with van der Waals surface area (Å²) < 4.78 is 9.62. The first-order chi connectivity index (χ1) is 11.7. The van der Waals surface area contributed by atoms with Crippen LogP contribution in [0.15, 0.2) is 30.3 Å². The molecular weight excluding hydrogens is 316 g/mol. The van der Waals surface area contributed by atoms with Crippen molar-refractivity contribution >= 4 is 18.5 Å². The van der Waals surface area contributed by atoms with E-state index in [0.717, 1.165) is 5.56 Å². The number of hydrogen-bond acceptors (Lipinski definition) is 6. The summed E-state index contributed by atoms with van der Waals surface area (Å²) in [6, 6.07) is 7.99. The van der Waals surface area contributed by atoms with Crippen molar-refractivity contribution < 1.29 is 28.7 Å². The van der Waals surface area contributed by atoms with Gasteiger partial charge in [0.2, 0.25) is 0 Å². The Labute approximate surface area is 139 Å². The maximum atomic E-state index is 12.3. The van der Waals surface area contributed by atoms with Crippen LogP contribution in [0.4, 0.5) is 4.79 Å². The summed E-state index contributed by atoms with van der Waals surface area (Å²) in [4.78, 5) is 41.1. The number of hydrogen-bond donors (Lipinski definition) is 1. The van der Waals surface area contributed by atoms with Gasteiger partial charge in [0, 0.05) is 19.4 Å². The number of rotatable bonds is 6. The Morgan fingerprint density at radius 2 is 2.08 bits per heavy atom. The van der Waals surface area contributed by atoms with E-state index in [4.69, 9.17) is 14.3 Å². The van der Waals surface area contributed by atoms with Crippen LogP contribution in [-0.4, -0.2) is 49.2 Å². The number of ether oxygens (including phenoxy) is 2. The van der Waals surface area contributed by atoms with Crippen LogP contribution in [0.2, 0.25) is 0 Å². The van der Waals surface area contributed by atoms with Gasteiger partial charge in [-0.3, -0.25) is 9.63 Å². The van der Waals surface area contributed by atoms with Crippen molar-refractivity contribution in [3.8, 4) is 0 Å². The molecule has 2 atom stereocenters. The highest BCUT2D eigenvalue weighted by Crippen LogP contribution is 2.21. The number of urea groups is 1. The molecule has 0 aliphatic carbocycles. The van der Waals surface area contributed by atoms with Crippen LogP contribution in [-0.2, 0) is 30.5 Å². The lowest BCUT2D eigenvalue weighted by Crippen LogP contribution is -2.55. The molecule has 1 aliphatic rings. The van der Waals surface area contributed by atoms with Gasteiger partial charge >= 0.3 is 12.0 Å². The van der Waals surface area contributed by atoms with Gasteiger partial charge in [-0.1, -0.05) is 30.3 Å². The monoisotopic (exact) mass is 336 g/mol. The fourth-order valence-electron chi connectivity index (χ4n) is 2.55. The Balaban J connectivity index is 1.90. The molecule has 1 aromatic rings. The first-order valence-electron chi connectivity index (χ1n) is 7.55. The average Bonchev–Trinajstić information content (AvgIpc) is 2.62. The van der Waals surface area contributed by atoms with Crippen molar-refractivity contribution in [3.05, 3.63) is 35.9 Å². The molecule has 0 radical (unpaired) electrons. The molecule has 1 aliphatic heterocycles. The van der Waals surface area contributed by atoms with E-state index in [1.165, 1.54) is 12.0 Å². The van der Waals surface area contributed by atoms with E-state index in [-0.39, 0.29) is 19.6 Å². The maximum Gasteiger partial charge on any atom is 0.342 e. The van der Waals surface area contributed by atoms with Gasteiger partial charge < -0.3 is 14.4 Å². The average molecular weight is 336 g/mol. The molecule has 0 unspecified atom stereocenters. The third-order valence-electron chi connectivity index (χ3n) is 3.78. The first-order valence-corrected chi connectivity index (χ1v) is 7.55. The molecule has 130 valence electrons. The Hall–Kier alpha value is -2.61. The molecule has 0 bridgehead atoms. The molecule has 8 nitrogen and oxygen atoms in total. The van der Waals surface area contributed by atoms with Gasteiger partial charge in [-0.05, 0) is 5.56 Å². The van der Waals surface area contributed by atoms with E-state index in [1.807, 2.05) is 30.3 Å². The number of methoxy groups -OCH3 is 1. The Morgan fingerprint density at radius 3 is 2.75 bits per heavy atom. The molecule has 1 heterocycles. The smallest absolute Gasteiger partial charge is 0.342 e. The topological polar surface area (TPSA) is 94.2 Å². The normalized spacial score (nSPS) is 20.1. The van der Waals surface area contributed by atoms with Gasteiger partial charge in [0.1, 0.15) is 12.1 Å². The highest BCUT2D eigenvalue weighted by Gasteiger charge is 2.38. The number of esters is 1. The lowest BCUT2D eigenvalue weighted by atomic mass is 10.00. The fourth-order valence-corrected chi connectivity index (χ4v) is 2.55. The van der Waals surface area contributed by atoms with Crippen LogP contribution in [0.1, 0.15) is 18.4 Å². The predicted molar refractivity (Wildman–Crippen MR) is 82.4 cm³/mol. The SMILES string of the molecule is COC(=O)[C@@H]1C[C@H](OC=O)CCN1C(=O)NOCc1ccccc1. The Bertz CT molecular complexity index is 565. The van der Waals surface area contributed by atoms with E-state index < -0.39 is 24.1 Å². The number of likely N-dealkylation sites (tertiary alicyclic amines) is 1. The van der Waals surface area contributed by atoms with E-state index >= 15 is 0 Å². The summed E-state index contributed by atoms with van der Waals surface area (Å²) in [5.74, 6) is -0.563. The summed E-state index contributed by atoms with van der Waals surface area (Å²) in [6.07, 6.45) is 0.219. The highest BCUT2D eigenvalue weighted by atomic mass is 16.7. The van der Waals surface area contributed by atoms with Crippen molar-refractivity contribution in [1.82, 2.24) is 10.4 Å². The summed E-state index contributed by atoms with van der Waals surface area (Å²) in [6.45, 7) is 0.802. The third-order valence-corrected chi connectivity index (χ3v) is 3.78. The van der Waals surface area contributed by atoms with Gasteiger partial charge in [-0.25, -0.2) is 15.1 Å². The number of hydroxylamine groups is 1. The summed E-state index contributed by atoms with van der Waals surface area (Å²) in [5.41, 5.74) is 3.23. The zero-order valence-corrected chi connectivity index (χ0v) is 13.3. The first kappa shape index (κ1) is 17.7. The lowest BCUT2D eigenvalue weighted by molar-refractivity contribution is -0.152. The number of carbonyl (C=O) groups is 3. The second-order valence-electron chi connectivity index (χ2n) is 5.29. The van der Waals surface area contributed by atoms with Crippen LogP contribution < -0.4 is 5.48 Å². The molecule has 0 spiro atoms. The number of nitrogens with zero attached hydrogens (tertiary/aromatic N) is 1. The van der Waals surface area contributed by atoms with Gasteiger partial charge in [0.05, 0.1) is 13.7 Å². The van der Waals surface area contributed by atoms with Gasteiger partial charge in [-0.2, -0.15) is 0 Å². The second kappa shape index (κ2) is 8.88. The molecule has 1 N–H and O–H groups in total. The van der Waals surface area contributed by atoms with Crippen LogP contribution in [0.5, 0.6) is 0 Å². The largest absolute Gasteiger partial charge is 0.467 e. The summed E-state index contributed by atoms with van der Waals surface area (Å²) >= 11 is 0. The van der Waals surface area contributed by atoms with E-state index in [9.17, 15) is 14.4 Å². The summed E-state index contributed by atoms with van der Waals surface area (Å²) in [5, 5.41) is 0. The predicted octanol–water partition coefficient (Wildman–Crippen LogP) is 1.01. The zero-order chi connectivity index (χ0) is 17.4. The summed E-state index contributed by atoms with van der Waals surface area (Å²) in [7, 11) is 1.24. The van der Waals surface area contributed by atoms with Gasteiger partial charge in [-0.15, -0.1) is 0 Å². The standard InChI is InChI=1S/C16H20N2O6/c1-22-15(20)14-9-13(23-11-19)7-8-18(14)16(21)17-24-10-12-5-3-2-4-6-12/h2-6,11,13-14H,7-10H2,1H3,(H,17,21)/t13-,14+/m1/s1. The number of benzene rings is 1. The van der Waals surface area contributed by atoms with Crippen LogP contribution in [0.25, 0.3) is 0 Å². The minimum absolute atomic E-state index is 0.192. The number of carbonyl (C=O) groups excluding carboxylic acids is 3. The Kier molecular flexibility index (Phi) is 6.56. The van der Waals surface area contributed by atoms with Gasteiger partial charge in [0.25, 0.3) is 6.47 Å². The molecule has 1 aromatic carbocycles. The van der Waals surface area contributed by atoms with Crippen molar-refractivity contribution in [2.75, 3.05) is 13.7 Å². The van der Waals surface area contributed by atoms with E-state index in [1.54, 1.807) is 0 Å².